The quantitative estimate of drug-likeness (QED) is 0.899. The van der Waals surface area contributed by atoms with Gasteiger partial charge in [0.05, 0.1) is 7.11 Å². The molecule has 7 nitrogen and oxygen atoms in total. The number of piperazine rings is 1. The van der Waals surface area contributed by atoms with Gasteiger partial charge in [0.15, 0.2) is 0 Å². The summed E-state index contributed by atoms with van der Waals surface area (Å²) in [5.41, 5.74) is 1.65. The van der Waals surface area contributed by atoms with Gasteiger partial charge >= 0.3 is 12.1 Å². The van der Waals surface area contributed by atoms with Crippen LogP contribution < -0.4 is 10.1 Å². The molecule has 3 amide bonds. The summed E-state index contributed by atoms with van der Waals surface area (Å²) in [6.07, 6.45) is -0.353. The van der Waals surface area contributed by atoms with Gasteiger partial charge in [-0.2, -0.15) is 0 Å². The van der Waals surface area contributed by atoms with Gasteiger partial charge in [0, 0.05) is 31.9 Å². The van der Waals surface area contributed by atoms with Gasteiger partial charge in [0.25, 0.3) is 0 Å². The average molecular weight is 369 g/mol. The normalized spacial score (nSPS) is 13.8. The van der Waals surface area contributed by atoms with Crippen molar-refractivity contribution < 1.29 is 19.1 Å². The third-order valence-corrected chi connectivity index (χ3v) is 4.37. The zero-order chi connectivity index (χ0) is 19.1. The first kappa shape index (κ1) is 18.6. The van der Waals surface area contributed by atoms with Crippen LogP contribution in [0.25, 0.3) is 0 Å². The number of hydrogen-bond acceptors (Lipinski definition) is 4. The largest absolute Gasteiger partial charge is 0.497 e. The number of ether oxygens (including phenoxy) is 2. The summed E-state index contributed by atoms with van der Waals surface area (Å²) in [5, 5.41) is 2.85. The Morgan fingerprint density at radius 3 is 2.19 bits per heavy atom. The second-order valence-corrected chi connectivity index (χ2v) is 6.17. The Morgan fingerprint density at radius 2 is 1.56 bits per heavy atom. The molecule has 0 saturated carbocycles. The fourth-order valence-electron chi connectivity index (χ4n) is 2.78. The van der Waals surface area contributed by atoms with E-state index < -0.39 is 0 Å². The van der Waals surface area contributed by atoms with Crippen LogP contribution in [0.2, 0.25) is 0 Å². The van der Waals surface area contributed by atoms with Gasteiger partial charge in [-0.05, 0) is 29.8 Å². The summed E-state index contributed by atoms with van der Waals surface area (Å²) in [6.45, 7) is 2.07. The Morgan fingerprint density at radius 1 is 0.926 bits per heavy atom. The van der Waals surface area contributed by atoms with E-state index in [9.17, 15) is 9.59 Å². The molecule has 3 rings (SSSR count). The zero-order valence-corrected chi connectivity index (χ0v) is 15.3. The van der Waals surface area contributed by atoms with Crippen LogP contribution in [-0.4, -0.2) is 55.2 Å². The van der Waals surface area contributed by atoms with Gasteiger partial charge < -0.3 is 24.6 Å². The Balaban J connectivity index is 1.43. The molecule has 7 heteroatoms. The Labute approximate surface area is 158 Å². The number of amides is 3. The standard InChI is InChI=1S/C20H23N3O4/c1-26-18-9-7-17(8-10-18)21-19(24)22-11-13-23(14-12-22)20(25)27-15-16-5-3-2-4-6-16/h2-10H,11-15H2,1H3,(H,21,24). The monoisotopic (exact) mass is 369 g/mol. The van der Waals surface area contributed by atoms with E-state index in [1.807, 2.05) is 30.3 Å². The van der Waals surface area contributed by atoms with Crippen molar-refractivity contribution in [3.05, 3.63) is 60.2 Å². The van der Waals surface area contributed by atoms with Crippen LogP contribution in [0.1, 0.15) is 5.56 Å². The van der Waals surface area contributed by atoms with Crippen molar-refractivity contribution >= 4 is 17.8 Å². The molecule has 0 unspecified atom stereocenters. The molecule has 142 valence electrons. The predicted molar refractivity (Wildman–Crippen MR) is 102 cm³/mol. The van der Waals surface area contributed by atoms with Crippen LogP contribution in [0.15, 0.2) is 54.6 Å². The molecule has 1 heterocycles. The van der Waals surface area contributed by atoms with Crippen LogP contribution >= 0.6 is 0 Å². The van der Waals surface area contributed by atoms with Crippen LogP contribution in [0.3, 0.4) is 0 Å². The summed E-state index contributed by atoms with van der Waals surface area (Å²) >= 11 is 0. The Bertz CT molecular complexity index is 757. The van der Waals surface area contributed by atoms with E-state index in [0.717, 1.165) is 11.3 Å². The van der Waals surface area contributed by atoms with E-state index in [1.54, 1.807) is 41.2 Å². The molecule has 0 aromatic heterocycles. The lowest BCUT2D eigenvalue weighted by Gasteiger charge is -2.34. The first-order valence-corrected chi connectivity index (χ1v) is 8.81. The molecule has 0 radical (unpaired) electrons. The highest BCUT2D eigenvalue weighted by molar-refractivity contribution is 5.89. The zero-order valence-electron chi connectivity index (χ0n) is 15.3. The fourth-order valence-corrected chi connectivity index (χ4v) is 2.78. The highest BCUT2D eigenvalue weighted by Gasteiger charge is 2.25. The van der Waals surface area contributed by atoms with Crippen molar-refractivity contribution in [1.82, 2.24) is 9.80 Å². The number of carbonyl (C=O) groups is 2. The summed E-state index contributed by atoms with van der Waals surface area (Å²) in [7, 11) is 1.60. The maximum Gasteiger partial charge on any atom is 0.410 e. The lowest BCUT2D eigenvalue weighted by molar-refractivity contribution is 0.0782. The van der Waals surface area contributed by atoms with Crippen molar-refractivity contribution in [2.45, 2.75) is 6.61 Å². The van der Waals surface area contributed by atoms with Gasteiger partial charge in [-0.3, -0.25) is 0 Å². The molecule has 0 bridgehead atoms. The maximum absolute atomic E-state index is 12.4. The molecule has 0 atom stereocenters. The number of nitrogens with zero attached hydrogens (tertiary/aromatic N) is 2. The molecule has 1 aliphatic heterocycles. The molecule has 1 aliphatic rings. The van der Waals surface area contributed by atoms with Crippen LogP contribution in [-0.2, 0) is 11.3 Å². The van der Waals surface area contributed by atoms with E-state index in [1.165, 1.54) is 0 Å². The number of anilines is 1. The van der Waals surface area contributed by atoms with Gasteiger partial charge in [-0.25, -0.2) is 9.59 Å². The molecular formula is C20H23N3O4. The molecule has 2 aromatic carbocycles. The maximum atomic E-state index is 12.4. The van der Waals surface area contributed by atoms with Crippen LogP contribution in [0.4, 0.5) is 15.3 Å². The van der Waals surface area contributed by atoms with Crippen molar-refractivity contribution in [2.24, 2.45) is 0 Å². The first-order valence-electron chi connectivity index (χ1n) is 8.81. The number of benzene rings is 2. The summed E-state index contributed by atoms with van der Waals surface area (Å²) in [5.74, 6) is 0.732. The van der Waals surface area contributed by atoms with Crippen molar-refractivity contribution in [3.8, 4) is 5.75 Å². The molecule has 1 fully saturated rings. The molecule has 27 heavy (non-hydrogen) atoms. The van der Waals surface area contributed by atoms with E-state index in [2.05, 4.69) is 5.32 Å². The summed E-state index contributed by atoms with van der Waals surface area (Å²) in [4.78, 5) is 27.8. The Kier molecular flexibility index (Phi) is 6.14. The highest BCUT2D eigenvalue weighted by Crippen LogP contribution is 2.16. The number of nitrogens with one attached hydrogen (secondary N) is 1. The number of urea groups is 1. The first-order chi connectivity index (χ1) is 13.2. The third-order valence-electron chi connectivity index (χ3n) is 4.37. The molecular weight excluding hydrogens is 346 g/mol. The third kappa shape index (κ3) is 5.13. The number of carbonyl (C=O) groups excluding carboxylic acids is 2. The van der Waals surface area contributed by atoms with Crippen molar-refractivity contribution in [1.29, 1.82) is 0 Å². The molecule has 2 aromatic rings. The van der Waals surface area contributed by atoms with E-state index in [0.29, 0.717) is 31.9 Å². The van der Waals surface area contributed by atoms with Crippen LogP contribution in [0, 0.1) is 0 Å². The molecule has 1 saturated heterocycles. The van der Waals surface area contributed by atoms with E-state index in [4.69, 9.17) is 9.47 Å². The minimum absolute atomic E-state index is 0.183. The highest BCUT2D eigenvalue weighted by atomic mass is 16.6. The lowest BCUT2D eigenvalue weighted by atomic mass is 10.2. The van der Waals surface area contributed by atoms with E-state index in [-0.39, 0.29) is 18.7 Å². The minimum Gasteiger partial charge on any atom is -0.497 e. The van der Waals surface area contributed by atoms with Gasteiger partial charge in [-0.1, -0.05) is 30.3 Å². The summed E-state index contributed by atoms with van der Waals surface area (Å²) < 4.78 is 10.4. The van der Waals surface area contributed by atoms with Crippen molar-refractivity contribution in [2.75, 3.05) is 38.6 Å². The second kappa shape index (κ2) is 8.93. The van der Waals surface area contributed by atoms with E-state index >= 15 is 0 Å². The predicted octanol–water partition coefficient (Wildman–Crippen LogP) is 3.18. The Hall–Kier alpha value is -3.22. The molecule has 1 N–H and O–H groups in total. The second-order valence-electron chi connectivity index (χ2n) is 6.17. The van der Waals surface area contributed by atoms with Crippen LogP contribution in [0.5, 0.6) is 5.75 Å². The number of rotatable bonds is 4. The SMILES string of the molecule is COc1ccc(NC(=O)N2CCN(C(=O)OCc3ccccc3)CC2)cc1. The molecule has 0 aliphatic carbocycles. The van der Waals surface area contributed by atoms with Crippen molar-refractivity contribution in [3.63, 3.8) is 0 Å². The van der Waals surface area contributed by atoms with Gasteiger partial charge in [0.1, 0.15) is 12.4 Å². The number of hydrogen-bond donors (Lipinski definition) is 1. The van der Waals surface area contributed by atoms with Gasteiger partial charge in [-0.15, -0.1) is 0 Å². The number of methoxy groups -OCH3 is 1. The lowest BCUT2D eigenvalue weighted by Crippen LogP contribution is -2.51. The van der Waals surface area contributed by atoms with Gasteiger partial charge in [0.2, 0.25) is 0 Å². The fraction of sp³-hybridized carbons (Fsp3) is 0.300. The average Bonchev–Trinajstić information content (AvgIpc) is 2.73. The topological polar surface area (TPSA) is 71.1 Å². The summed E-state index contributed by atoms with van der Waals surface area (Å²) in [6, 6.07) is 16.5. The smallest absolute Gasteiger partial charge is 0.410 e. The molecule has 0 spiro atoms. The minimum atomic E-state index is -0.353.